The first kappa shape index (κ1) is 33.5. The van der Waals surface area contributed by atoms with E-state index in [4.69, 9.17) is 5.73 Å². The summed E-state index contributed by atoms with van der Waals surface area (Å²) >= 11 is 0. The van der Waals surface area contributed by atoms with Gasteiger partial charge in [-0.25, -0.2) is 18.3 Å². The zero-order valence-electron chi connectivity index (χ0n) is 26.9. The lowest BCUT2D eigenvalue weighted by atomic mass is 9.73. The minimum absolute atomic E-state index is 0.0489. The van der Waals surface area contributed by atoms with Crippen LogP contribution in [0.15, 0.2) is 12.4 Å². The van der Waals surface area contributed by atoms with Crippen LogP contribution in [0.3, 0.4) is 0 Å². The Labute approximate surface area is 265 Å². The standard InChI is InChI=1S/C32H51F2N9O2/c1-41(2)16-10-15-36-30(44)22-11-17-42(18-12-22)26-24(20-38-32(27(26)34)13-8-6-4-3-5-7-9-14-32)39-31(45)25-28(35)40-43-21-23(33)19-37-29(25)43/h19,21-22,24,26-27,38H,3-18,20H2,1-2H3,(H2,35,40)(H,36,44)(H,39,45). The predicted octanol–water partition coefficient (Wildman–Crippen LogP) is 2.90. The first-order chi connectivity index (χ1) is 21.7. The fourth-order valence-electron chi connectivity index (χ4n) is 7.58. The highest BCUT2D eigenvalue weighted by Crippen LogP contribution is 2.38. The van der Waals surface area contributed by atoms with Crippen LogP contribution in [-0.4, -0.2) is 107 Å². The van der Waals surface area contributed by atoms with Crippen molar-refractivity contribution in [3.8, 4) is 0 Å². The summed E-state index contributed by atoms with van der Waals surface area (Å²) in [7, 11) is 4.03. The number of aromatic nitrogens is 3. The van der Waals surface area contributed by atoms with Gasteiger partial charge < -0.3 is 26.6 Å². The first-order valence-electron chi connectivity index (χ1n) is 16.8. The maximum absolute atomic E-state index is 17.2. The molecule has 4 heterocycles. The number of nitrogen functional groups attached to an aromatic ring is 1. The Balaban J connectivity index is 1.33. The van der Waals surface area contributed by atoms with E-state index >= 15 is 4.39 Å². The summed E-state index contributed by atoms with van der Waals surface area (Å²) in [5.74, 6) is -1.23. The van der Waals surface area contributed by atoms with Gasteiger partial charge in [-0.2, -0.15) is 0 Å². The van der Waals surface area contributed by atoms with Crippen molar-refractivity contribution in [3.63, 3.8) is 0 Å². The lowest BCUT2D eigenvalue weighted by Crippen LogP contribution is -2.73. The van der Waals surface area contributed by atoms with E-state index in [9.17, 15) is 14.0 Å². The van der Waals surface area contributed by atoms with Crippen LogP contribution < -0.4 is 21.7 Å². The van der Waals surface area contributed by atoms with Gasteiger partial charge in [-0.1, -0.05) is 44.9 Å². The quantitative estimate of drug-likeness (QED) is 0.327. The van der Waals surface area contributed by atoms with Gasteiger partial charge in [0.1, 0.15) is 11.7 Å². The van der Waals surface area contributed by atoms with Crippen molar-refractivity contribution in [2.45, 2.75) is 101 Å². The highest BCUT2D eigenvalue weighted by Gasteiger charge is 2.52. The Morgan fingerprint density at radius 1 is 1.11 bits per heavy atom. The van der Waals surface area contributed by atoms with Gasteiger partial charge >= 0.3 is 0 Å². The van der Waals surface area contributed by atoms with E-state index in [1.807, 2.05) is 14.1 Å². The minimum atomic E-state index is -1.22. The van der Waals surface area contributed by atoms with Gasteiger partial charge in [-0.3, -0.25) is 14.5 Å². The summed E-state index contributed by atoms with van der Waals surface area (Å²) in [4.78, 5) is 34.9. The molecule has 2 aromatic rings. The number of hydrogen-bond donors (Lipinski definition) is 4. The average Bonchev–Trinajstić information content (AvgIpc) is 3.35. The lowest BCUT2D eigenvalue weighted by Gasteiger charge is -2.53. The van der Waals surface area contributed by atoms with Crippen molar-refractivity contribution >= 4 is 23.3 Å². The fourth-order valence-corrected chi connectivity index (χ4v) is 7.58. The number of nitrogens with zero attached hydrogens (tertiary/aromatic N) is 5. The number of alkyl halides is 1. The smallest absolute Gasteiger partial charge is 0.259 e. The average molecular weight is 632 g/mol. The second-order valence-corrected chi connectivity index (χ2v) is 13.5. The maximum atomic E-state index is 17.2. The molecule has 5 rings (SSSR count). The molecule has 0 bridgehead atoms. The summed E-state index contributed by atoms with van der Waals surface area (Å²) in [5.41, 5.74) is 5.62. The molecule has 3 unspecified atom stereocenters. The molecule has 250 valence electrons. The van der Waals surface area contributed by atoms with Gasteiger partial charge in [0, 0.05) is 19.0 Å². The number of likely N-dealkylation sites (tertiary alicyclic amines) is 1. The number of amides is 2. The zero-order valence-corrected chi connectivity index (χ0v) is 26.9. The zero-order chi connectivity index (χ0) is 32.0. The van der Waals surface area contributed by atoms with Crippen LogP contribution in [-0.2, 0) is 4.79 Å². The van der Waals surface area contributed by atoms with Gasteiger partial charge in [0.2, 0.25) is 5.91 Å². The molecular weight excluding hydrogens is 580 g/mol. The van der Waals surface area contributed by atoms with Crippen molar-refractivity contribution in [3.05, 3.63) is 23.8 Å². The third-order valence-electron chi connectivity index (χ3n) is 10.1. The van der Waals surface area contributed by atoms with E-state index in [0.29, 0.717) is 39.0 Å². The van der Waals surface area contributed by atoms with Crippen LogP contribution in [0.25, 0.3) is 5.65 Å². The molecule has 11 nitrogen and oxygen atoms in total. The first-order valence-corrected chi connectivity index (χ1v) is 16.8. The molecule has 2 aromatic heterocycles. The number of piperidine rings is 2. The van der Waals surface area contributed by atoms with Crippen molar-refractivity contribution in [1.82, 2.24) is 40.3 Å². The van der Waals surface area contributed by atoms with E-state index in [0.717, 1.165) is 68.4 Å². The Bertz CT molecular complexity index is 1290. The van der Waals surface area contributed by atoms with E-state index in [-0.39, 0.29) is 28.9 Å². The maximum Gasteiger partial charge on any atom is 0.259 e. The third-order valence-corrected chi connectivity index (χ3v) is 10.1. The number of carbonyl (C=O) groups excluding carboxylic acids is 2. The summed E-state index contributed by atoms with van der Waals surface area (Å²) in [6.45, 7) is 3.11. The molecule has 0 radical (unpaired) electrons. The molecule has 1 saturated carbocycles. The number of carbonyl (C=O) groups is 2. The topological polar surface area (TPSA) is 133 Å². The van der Waals surface area contributed by atoms with E-state index in [2.05, 4.69) is 35.8 Å². The second-order valence-electron chi connectivity index (χ2n) is 13.5. The highest BCUT2D eigenvalue weighted by molar-refractivity contribution is 6.04. The SMILES string of the molecule is CN(C)CCCNC(=O)C1CCN(C2C(NC(=O)c3c(N)nn4cc(F)cnc34)CNC3(CCCCCCCCC3)C2F)CC1. The number of rotatable bonds is 8. The van der Waals surface area contributed by atoms with Crippen LogP contribution >= 0.6 is 0 Å². The van der Waals surface area contributed by atoms with Crippen LogP contribution in [0.1, 0.15) is 87.4 Å². The van der Waals surface area contributed by atoms with Crippen molar-refractivity contribution in [2.24, 2.45) is 5.92 Å². The number of fused-ring (bicyclic) bond motifs is 1. The number of nitrogens with one attached hydrogen (secondary N) is 3. The molecule has 0 aromatic carbocycles. The van der Waals surface area contributed by atoms with Gasteiger partial charge in [-0.15, -0.1) is 5.10 Å². The Kier molecular flexibility index (Phi) is 11.2. The normalized spacial score (nSPS) is 25.4. The molecule has 3 aliphatic rings. The highest BCUT2D eigenvalue weighted by atomic mass is 19.1. The van der Waals surface area contributed by atoms with Crippen LogP contribution in [0, 0.1) is 11.7 Å². The largest absolute Gasteiger partial charge is 0.381 e. The van der Waals surface area contributed by atoms with Crippen LogP contribution in [0.2, 0.25) is 0 Å². The monoisotopic (exact) mass is 631 g/mol. The van der Waals surface area contributed by atoms with E-state index < -0.39 is 35.5 Å². The molecule has 3 fully saturated rings. The Morgan fingerprint density at radius 2 is 1.78 bits per heavy atom. The minimum Gasteiger partial charge on any atom is -0.381 e. The summed E-state index contributed by atoms with van der Waals surface area (Å²) in [6.07, 6.45) is 12.3. The van der Waals surface area contributed by atoms with E-state index in [1.54, 1.807) is 0 Å². The molecule has 2 amide bonds. The molecular formula is C32H51F2N9O2. The Morgan fingerprint density at radius 3 is 2.44 bits per heavy atom. The lowest BCUT2D eigenvalue weighted by molar-refractivity contribution is -0.127. The molecule has 2 saturated heterocycles. The second kappa shape index (κ2) is 15.1. The van der Waals surface area contributed by atoms with Gasteiger partial charge in [0.25, 0.3) is 5.91 Å². The molecule has 5 N–H and O–H groups in total. The predicted molar refractivity (Wildman–Crippen MR) is 170 cm³/mol. The number of nitrogens with two attached hydrogens (primary N) is 1. The van der Waals surface area contributed by atoms with Crippen molar-refractivity contribution in [2.75, 3.05) is 52.6 Å². The van der Waals surface area contributed by atoms with Gasteiger partial charge in [0.05, 0.1) is 30.0 Å². The van der Waals surface area contributed by atoms with Crippen molar-refractivity contribution in [1.29, 1.82) is 0 Å². The summed E-state index contributed by atoms with van der Waals surface area (Å²) < 4.78 is 32.1. The molecule has 13 heteroatoms. The van der Waals surface area contributed by atoms with E-state index in [1.165, 1.54) is 19.3 Å². The molecule has 1 spiro atoms. The number of halogens is 2. The Hall–Kier alpha value is -2.90. The number of hydrogen-bond acceptors (Lipinski definition) is 8. The fraction of sp³-hybridized carbons (Fsp3) is 0.750. The number of anilines is 1. The molecule has 1 aliphatic carbocycles. The van der Waals surface area contributed by atoms with Crippen LogP contribution in [0.4, 0.5) is 14.6 Å². The summed E-state index contributed by atoms with van der Waals surface area (Å²) in [5, 5.41) is 13.8. The van der Waals surface area contributed by atoms with Crippen LogP contribution in [0.5, 0.6) is 0 Å². The van der Waals surface area contributed by atoms with Gasteiger partial charge in [-0.05, 0) is 65.8 Å². The van der Waals surface area contributed by atoms with Crippen molar-refractivity contribution < 1.29 is 18.4 Å². The van der Waals surface area contributed by atoms with Gasteiger partial charge in [0.15, 0.2) is 17.3 Å². The third kappa shape index (κ3) is 7.91. The molecule has 2 aliphatic heterocycles. The molecule has 45 heavy (non-hydrogen) atoms. The summed E-state index contributed by atoms with van der Waals surface area (Å²) in [6, 6.07) is -1.13. The molecule has 3 atom stereocenters.